The molecule has 1 fully saturated rings. The molecule has 5 nitrogen and oxygen atoms in total. The van der Waals surface area contributed by atoms with E-state index < -0.39 is 6.04 Å². The minimum absolute atomic E-state index is 0.0506. The van der Waals surface area contributed by atoms with Crippen LogP contribution in [0.1, 0.15) is 58.3 Å². The minimum atomic E-state index is -0.511. The van der Waals surface area contributed by atoms with Crippen molar-refractivity contribution in [1.29, 1.82) is 0 Å². The number of aryl methyl sites for hydroxylation is 1. The predicted octanol–water partition coefficient (Wildman–Crippen LogP) is 4.04. The Balaban J connectivity index is 1.39. The Morgan fingerprint density at radius 3 is 2.74 bits per heavy atom. The second kappa shape index (κ2) is 8.75. The Kier molecular flexibility index (Phi) is 6.05. The number of benzene rings is 2. The normalized spacial score (nSPS) is 18.5. The zero-order valence-electron chi connectivity index (χ0n) is 17.4. The first-order valence-electron chi connectivity index (χ1n) is 10.6. The van der Waals surface area contributed by atoms with Crippen LogP contribution in [0, 0.1) is 6.92 Å². The third-order valence-corrected chi connectivity index (χ3v) is 6.69. The van der Waals surface area contributed by atoms with Gasteiger partial charge in [-0.15, -0.1) is 0 Å². The molecule has 4 rings (SSSR count). The van der Waals surface area contributed by atoms with Crippen LogP contribution in [-0.2, 0) is 33.8 Å². The van der Waals surface area contributed by atoms with Crippen LogP contribution in [0.25, 0.3) is 0 Å². The van der Waals surface area contributed by atoms with Crippen LogP contribution >= 0.6 is 11.6 Å². The summed E-state index contributed by atoms with van der Waals surface area (Å²) in [6.45, 7) is 2.30. The Morgan fingerprint density at radius 1 is 1.16 bits per heavy atom. The van der Waals surface area contributed by atoms with E-state index in [2.05, 4.69) is 0 Å². The summed E-state index contributed by atoms with van der Waals surface area (Å²) in [5.74, 6) is -0.229. The monoisotopic (exact) mass is 437 g/mol. The average Bonchev–Trinajstić information content (AvgIpc) is 3.05. The second-order valence-electron chi connectivity index (χ2n) is 8.40. The Morgan fingerprint density at radius 2 is 1.97 bits per heavy atom. The summed E-state index contributed by atoms with van der Waals surface area (Å²) in [4.78, 5) is 50.6. The highest BCUT2D eigenvalue weighted by Crippen LogP contribution is 2.30. The molecule has 6 heteroatoms. The second-order valence-corrected chi connectivity index (χ2v) is 8.81. The van der Waals surface area contributed by atoms with Crippen LogP contribution in [0.5, 0.6) is 0 Å². The first kappa shape index (κ1) is 21.4. The number of ketones is 3. The first-order valence-corrected chi connectivity index (χ1v) is 10.9. The van der Waals surface area contributed by atoms with Gasteiger partial charge >= 0.3 is 0 Å². The van der Waals surface area contributed by atoms with Crippen molar-refractivity contribution in [2.24, 2.45) is 0 Å². The molecule has 1 amide bonds. The molecule has 1 heterocycles. The molecule has 0 bridgehead atoms. The molecule has 160 valence electrons. The summed E-state index contributed by atoms with van der Waals surface area (Å²) in [5.41, 5.74) is 4.37. The van der Waals surface area contributed by atoms with Gasteiger partial charge in [-0.2, -0.15) is 0 Å². The van der Waals surface area contributed by atoms with Crippen LogP contribution in [-0.4, -0.2) is 34.2 Å². The van der Waals surface area contributed by atoms with Crippen LogP contribution in [0.3, 0.4) is 0 Å². The number of halogens is 1. The number of hydrogen-bond acceptors (Lipinski definition) is 4. The number of Topliss-reactive ketones (excluding diaryl/α,β-unsaturated/α-hetero) is 3. The largest absolute Gasteiger partial charge is 0.324 e. The predicted molar refractivity (Wildman–Crippen MR) is 117 cm³/mol. The zero-order chi connectivity index (χ0) is 22.1. The van der Waals surface area contributed by atoms with Crippen molar-refractivity contribution in [1.82, 2.24) is 4.90 Å². The minimum Gasteiger partial charge on any atom is -0.324 e. The topological polar surface area (TPSA) is 71.5 Å². The van der Waals surface area contributed by atoms with Crippen molar-refractivity contribution in [3.63, 3.8) is 0 Å². The molecule has 1 atom stereocenters. The zero-order valence-corrected chi connectivity index (χ0v) is 18.2. The molecule has 2 aliphatic rings. The van der Waals surface area contributed by atoms with E-state index in [0.29, 0.717) is 49.2 Å². The molecule has 1 saturated carbocycles. The lowest BCUT2D eigenvalue weighted by Gasteiger charge is -2.29. The SMILES string of the molecule is Cc1c(Cl)cccc1CC(=O)CCc1ccc2c(c1)CN(C1CCC(=O)CC1=O)C2=O. The maximum Gasteiger partial charge on any atom is 0.255 e. The van der Waals surface area contributed by atoms with E-state index in [1.807, 2.05) is 37.3 Å². The lowest BCUT2D eigenvalue weighted by Crippen LogP contribution is -2.44. The summed E-state index contributed by atoms with van der Waals surface area (Å²) < 4.78 is 0. The average molecular weight is 438 g/mol. The molecule has 31 heavy (non-hydrogen) atoms. The van der Waals surface area contributed by atoms with Crippen molar-refractivity contribution in [3.05, 3.63) is 69.2 Å². The van der Waals surface area contributed by atoms with E-state index in [0.717, 1.165) is 22.3 Å². The van der Waals surface area contributed by atoms with Gasteiger partial charge in [0.15, 0.2) is 5.78 Å². The summed E-state index contributed by atoms with van der Waals surface area (Å²) in [7, 11) is 0. The van der Waals surface area contributed by atoms with Gasteiger partial charge in [0.2, 0.25) is 0 Å². The van der Waals surface area contributed by atoms with E-state index in [9.17, 15) is 19.2 Å². The van der Waals surface area contributed by atoms with Crippen molar-refractivity contribution < 1.29 is 19.2 Å². The quantitative estimate of drug-likeness (QED) is 0.639. The molecule has 0 spiro atoms. The van der Waals surface area contributed by atoms with E-state index in [1.54, 1.807) is 11.0 Å². The molecule has 0 saturated heterocycles. The van der Waals surface area contributed by atoms with Gasteiger partial charge in [-0.25, -0.2) is 0 Å². The first-order chi connectivity index (χ1) is 14.8. The van der Waals surface area contributed by atoms with Gasteiger partial charge in [0, 0.05) is 36.4 Å². The van der Waals surface area contributed by atoms with Crippen LogP contribution in [0.15, 0.2) is 36.4 Å². The third kappa shape index (κ3) is 4.47. The number of hydrogen-bond donors (Lipinski definition) is 0. The molecule has 2 aromatic carbocycles. The Bertz CT molecular complexity index is 1090. The fraction of sp³-hybridized carbons (Fsp3) is 0.360. The number of fused-ring (bicyclic) bond motifs is 1. The number of carbonyl (C=O) groups is 4. The summed E-state index contributed by atoms with van der Waals surface area (Å²) >= 11 is 6.14. The van der Waals surface area contributed by atoms with E-state index in [1.165, 1.54) is 0 Å². The van der Waals surface area contributed by atoms with Crippen molar-refractivity contribution in [2.75, 3.05) is 0 Å². The number of rotatable bonds is 6. The van der Waals surface area contributed by atoms with Gasteiger partial charge < -0.3 is 4.90 Å². The van der Waals surface area contributed by atoms with Crippen molar-refractivity contribution >= 4 is 34.9 Å². The molecule has 0 aromatic heterocycles. The number of nitrogens with zero attached hydrogens (tertiary/aromatic N) is 1. The summed E-state index contributed by atoms with van der Waals surface area (Å²) in [5, 5.41) is 0.666. The standard InChI is InChI=1S/C25H24ClNO4/c1-15-17(3-2-4-22(15)26)12-19(28)7-5-16-6-9-21-18(11-16)14-27(25(21)31)23-10-8-20(29)13-24(23)30/h2-4,6,9,11,23H,5,7-8,10,12-14H2,1H3. The van der Waals surface area contributed by atoms with Gasteiger partial charge in [0.05, 0.1) is 12.5 Å². The van der Waals surface area contributed by atoms with Gasteiger partial charge in [-0.05, 0) is 54.2 Å². The highest BCUT2D eigenvalue weighted by atomic mass is 35.5. The highest BCUT2D eigenvalue weighted by molar-refractivity contribution is 6.31. The molecular formula is C25H24ClNO4. The van der Waals surface area contributed by atoms with Gasteiger partial charge in [-0.1, -0.05) is 35.9 Å². The molecule has 1 unspecified atom stereocenters. The maximum atomic E-state index is 12.8. The molecule has 1 aliphatic carbocycles. The van der Waals surface area contributed by atoms with Gasteiger partial charge in [0.25, 0.3) is 5.91 Å². The highest BCUT2D eigenvalue weighted by Gasteiger charge is 2.38. The Hall–Kier alpha value is -2.79. The lowest BCUT2D eigenvalue weighted by molar-refractivity contribution is -0.133. The van der Waals surface area contributed by atoms with Crippen LogP contribution in [0.2, 0.25) is 5.02 Å². The smallest absolute Gasteiger partial charge is 0.255 e. The third-order valence-electron chi connectivity index (χ3n) is 6.28. The van der Waals surface area contributed by atoms with Gasteiger partial charge in [-0.3, -0.25) is 19.2 Å². The van der Waals surface area contributed by atoms with E-state index in [4.69, 9.17) is 11.6 Å². The molecule has 0 radical (unpaired) electrons. The maximum absolute atomic E-state index is 12.8. The number of amides is 1. The van der Waals surface area contributed by atoms with Crippen LogP contribution in [0.4, 0.5) is 0 Å². The molecular weight excluding hydrogens is 414 g/mol. The fourth-order valence-corrected chi connectivity index (χ4v) is 4.61. The van der Waals surface area contributed by atoms with Crippen molar-refractivity contribution in [3.8, 4) is 0 Å². The Labute approximate surface area is 186 Å². The van der Waals surface area contributed by atoms with Gasteiger partial charge in [0.1, 0.15) is 11.6 Å². The van der Waals surface area contributed by atoms with Crippen LogP contribution < -0.4 is 0 Å². The van der Waals surface area contributed by atoms with Crippen molar-refractivity contribution in [2.45, 2.75) is 58.0 Å². The summed E-state index contributed by atoms with van der Waals surface area (Å²) in [6.07, 6.45) is 2.02. The van der Waals surface area contributed by atoms with E-state index >= 15 is 0 Å². The molecule has 1 aliphatic heterocycles. The molecule has 2 aromatic rings. The van der Waals surface area contributed by atoms with E-state index in [-0.39, 0.29) is 29.7 Å². The molecule has 0 N–H and O–H groups in total. The summed E-state index contributed by atoms with van der Waals surface area (Å²) in [6, 6.07) is 10.7. The lowest BCUT2D eigenvalue weighted by atomic mass is 9.92. The fourth-order valence-electron chi connectivity index (χ4n) is 4.42. The number of carbonyl (C=O) groups excluding carboxylic acids is 4.